The van der Waals surface area contributed by atoms with Crippen LogP contribution in [0, 0.1) is 19.7 Å². The lowest BCUT2D eigenvalue weighted by molar-refractivity contribution is 0.628. The first-order valence-corrected chi connectivity index (χ1v) is 6.83. The predicted octanol–water partition coefficient (Wildman–Crippen LogP) is 2.99. The fourth-order valence-electron chi connectivity index (χ4n) is 2.89. The second-order valence-corrected chi connectivity index (χ2v) is 5.26. The lowest BCUT2D eigenvalue weighted by Crippen LogP contribution is -2.19. The molecule has 20 heavy (non-hydrogen) atoms. The van der Waals surface area contributed by atoms with E-state index in [9.17, 15) is 4.39 Å². The van der Waals surface area contributed by atoms with Gasteiger partial charge in [0.25, 0.3) is 0 Å². The van der Waals surface area contributed by atoms with E-state index < -0.39 is 0 Å². The molecule has 1 aliphatic heterocycles. The smallest absolute Gasteiger partial charge is 0.138 e. The minimum atomic E-state index is -0.214. The first-order chi connectivity index (χ1) is 9.60. The topological polar surface area (TPSA) is 42.1 Å². The van der Waals surface area contributed by atoms with Crippen LogP contribution in [0.1, 0.15) is 22.4 Å². The molecule has 104 valence electrons. The highest BCUT2D eigenvalue weighted by molar-refractivity contribution is 5.70. The second kappa shape index (κ2) is 4.87. The van der Waals surface area contributed by atoms with E-state index in [-0.39, 0.29) is 5.82 Å². The number of benzene rings is 1. The van der Waals surface area contributed by atoms with Crippen molar-refractivity contribution in [2.45, 2.75) is 26.8 Å². The molecule has 0 saturated carbocycles. The van der Waals surface area contributed by atoms with Gasteiger partial charge in [-0.3, -0.25) is 0 Å². The summed E-state index contributed by atoms with van der Waals surface area (Å²) in [5.74, 6) is 0.656. The number of hydrogen-bond acceptors (Lipinski definition) is 3. The Kier molecular flexibility index (Phi) is 3.18. The maximum absolute atomic E-state index is 13.5. The Morgan fingerprint density at radius 2 is 2.10 bits per heavy atom. The monoisotopic (exact) mass is 271 g/mol. The Bertz CT molecular complexity index is 667. The number of hydrogen-bond donors (Lipinski definition) is 1. The number of aryl methyl sites for hydroxylation is 2. The van der Waals surface area contributed by atoms with Crippen LogP contribution < -0.4 is 10.6 Å². The molecular formula is C16H18FN3. The van der Waals surface area contributed by atoms with Crippen LogP contribution >= 0.6 is 0 Å². The zero-order chi connectivity index (χ0) is 14.3. The average Bonchev–Trinajstić information content (AvgIpc) is 2.80. The highest BCUT2D eigenvalue weighted by Gasteiger charge is 2.24. The summed E-state index contributed by atoms with van der Waals surface area (Å²) < 4.78 is 13.5. The molecule has 0 amide bonds. The molecule has 0 fully saturated rings. The Balaban J connectivity index is 2.15. The van der Waals surface area contributed by atoms with Gasteiger partial charge in [0.15, 0.2) is 0 Å². The van der Waals surface area contributed by atoms with Crippen LogP contribution in [-0.2, 0) is 13.0 Å². The molecule has 0 aliphatic carbocycles. The standard InChI is InChI=1S/C16H18FN3/c1-10-7-11(2)19-16(14(10)9-18)20-6-5-12-3-4-13(17)8-15(12)20/h3-4,7-8H,5-6,9,18H2,1-2H3. The van der Waals surface area contributed by atoms with Crippen LogP contribution in [0.5, 0.6) is 0 Å². The Labute approximate surface area is 118 Å². The summed E-state index contributed by atoms with van der Waals surface area (Å²) in [4.78, 5) is 6.72. The van der Waals surface area contributed by atoms with Gasteiger partial charge in [-0.05, 0) is 49.6 Å². The summed E-state index contributed by atoms with van der Waals surface area (Å²) >= 11 is 0. The SMILES string of the molecule is Cc1cc(C)c(CN)c(N2CCc3ccc(F)cc32)n1. The van der Waals surface area contributed by atoms with Crippen LogP contribution in [-0.4, -0.2) is 11.5 Å². The predicted molar refractivity (Wildman–Crippen MR) is 78.7 cm³/mol. The lowest BCUT2D eigenvalue weighted by Gasteiger charge is -2.23. The number of anilines is 2. The van der Waals surface area contributed by atoms with Crippen LogP contribution in [0.2, 0.25) is 0 Å². The van der Waals surface area contributed by atoms with Crippen LogP contribution in [0.15, 0.2) is 24.3 Å². The molecule has 1 aromatic carbocycles. The summed E-state index contributed by atoms with van der Waals surface area (Å²) in [5, 5.41) is 0. The molecule has 0 bridgehead atoms. The van der Waals surface area contributed by atoms with E-state index in [4.69, 9.17) is 5.73 Å². The molecule has 4 heteroatoms. The molecular weight excluding hydrogens is 253 g/mol. The molecule has 0 unspecified atom stereocenters. The molecule has 0 saturated heterocycles. The molecule has 2 aromatic rings. The van der Waals surface area contributed by atoms with Crippen molar-refractivity contribution in [3.05, 3.63) is 52.5 Å². The highest BCUT2D eigenvalue weighted by Crippen LogP contribution is 2.36. The number of aromatic nitrogens is 1. The number of halogens is 1. The molecule has 3 nitrogen and oxygen atoms in total. The van der Waals surface area contributed by atoms with Gasteiger partial charge in [-0.1, -0.05) is 6.07 Å². The van der Waals surface area contributed by atoms with Crippen LogP contribution in [0.25, 0.3) is 0 Å². The average molecular weight is 271 g/mol. The molecule has 2 heterocycles. The number of rotatable bonds is 2. The summed E-state index contributed by atoms with van der Waals surface area (Å²) in [6, 6.07) is 6.99. The summed E-state index contributed by atoms with van der Waals surface area (Å²) in [6.45, 7) is 5.28. The molecule has 1 aliphatic rings. The maximum atomic E-state index is 13.5. The number of nitrogens with zero attached hydrogens (tertiary/aromatic N) is 2. The second-order valence-electron chi connectivity index (χ2n) is 5.26. The molecule has 0 atom stereocenters. The van der Waals surface area contributed by atoms with Crippen molar-refractivity contribution in [1.29, 1.82) is 0 Å². The number of pyridine rings is 1. The van der Waals surface area contributed by atoms with Gasteiger partial charge >= 0.3 is 0 Å². The van der Waals surface area contributed by atoms with Crippen LogP contribution in [0.3, 0.4) is 0 Å². The van der Waals surface area contributed by atoms with Crippen molar-refractivity contribution >= 4 is 11.5 Å². The van der Waals surface area contributed by atoms with E-state index in [1.54, 1.807) is 6.07 Å². The fraction of sp³-hybridized carbons (Fsp3) is 0.312. The van der Waals surface area contributed by atoms with Crippen molar-refractivity contribution in [3.8, 4) is 0 Å². The van der Waals surface area contributed by atoms with Crippen molar-refractivity contribution in [2.24, 2.45) is 5.73 Å². The molecule has 3 rings (SSSR count). The summed E-state index contributed by atoms with van der Waals surface area (Å²) in [7, 11) is 0. The van der Waals surface area contributed by atoms with Crippen molar-refractivity contribution in [2.75, 3.05) is 11.4 Å². The Morgan fingerprint density at radius 3 is 2.85 bits per heavy atom. The zero-order valence-electron chi connectivity index (χ0n) is 11.8. The third-order valence-electron chi connectivity index (χ3n) is 3.86. The molecule has 2 N–H and O–H groups in total. The molecule has 0 radical (unpaired) electrons. The van der Waals surface area contributed by atoms with Crippen LogP contribution in [0.4, 0.5) is 15.9 Å². The largest absolute Gasteiger partial charge is 0.326 e. The van der Waals surface area contributed by atoms with E-state index in [1.807, 2.05) is 26.0 Å². The number of nitrogens with two attached hydrogens (primary N) is 1. The van der Waals surface area contributed by atoms with E-state index in [1.165, 1.54) is 6.07 Å². The van der Waals surface area contributed by atoms with Gasteiger partial charge in [0, 0.05) is 30.0 Å². The van der Waals surface area contributed by atoms with E-state index in [0.717, 1.165) is 46.9 Å². The van der Waals surface area contributed by atoms with E-state index >= 15 is 0 Å². The fourth-order valence-corrected chi connectivity index (χ4v) is 2.89. The van der Waals surface area contributed by atoms with E-state index in [0.29, 0.717) is 6.54 Å². The lowest BCUT2D eigenvalue weighted by atomic mass is 10.1. The van der Waals surface area contributed by atoms with Crippen molar-refractivity contribution < 1.29 is 4.39 Å². The normalized spacial score (nSPS) is 13.7. The summed E-state index contributed by atoms with van der Waals surface area (Å²) in [6.07, 6.45) is 0.911. The van der Waals surface area contributed by atoms with Crippen molar-refractivity contribution in [1.82, 2.24) is 4.98 Å². The maximum Gasteiger partial charge on any atom is 0.138 e. The molecule has 0 spiro atoms. The minimum absolute atomic E-state index is 0.214. The zero-order valence-corrected chi connectivity index (χ0v) is 11.8. The highest BCUT2D eigenvalue weighted by atomic mass is 19.1. The minimum Gasteiger partial charge on any atom is -0.326 e. The van der Waals surface area contributed by atoms with Gasteiger partial charge in [-0.15, -0.1) is 0 Å². The van der Waals surface area contributed by atoms with Gasteiger partial charge < -0.3 is 10.6 Å². The van der Waals surface area contributed by atoms with Gasteiger partial charge in [0.05, 0.1) is 0 Å². The van der Waals surface area contributed by atoms with Gasteiger partial charge in [0.2, 0.25) is 0 Å². The first kappa shape index (κ1) is 13.1. The van der Waals surface area contributed by atoms with Gasteiger partial charge in [-0.2, -0.15) is 0 Å². The quantitative estimate of drug-likeness (QED) is 0.913. The molecule has 1 aromatic heterocycles. The summed E-state index contributed by atoms with van der Waals surface area (Å²) in [5.41, 5.74) is 11.1. The Morgan fingerprint density at radius 1 is 1.30 bits per heavy atom. The third-order valence-corrected chi connectivity index (χ3v) is 3.86. The van der Waals surface area contributed by atoms with Gasteiger partial charge in [0.1, 0.15) is 11.6 Å². The third kappa shape index (κ3) is 2.06. The van der Waals surface area contributed by atoms with Gasteiger partial charge in [-0.25, -0.2) is 9.37 Å². The first-order valence-electron chi connectivity index (χ1n) is 6.83. The van der Waals surface area contributed by atoms with Crippen molar-refractivity contribution in [3.63, 3.8) is 0 Å². The number of fused-ring (bicyclic) bond motifs is 1. The Hall–Kier alpha value is -1.94. The van der Waals surface area contributed by atoms with E-state index in [2.05, 4.69) is 9.88 Å².